The number of carbonyl (C=O) groups is 1. The molecule has 1 aliphatic heterocycles. The molecule has 0 spiro atoms. The topological polar surface area (TPSA) is 62.5 Å². The summed E-state index contributed by atoms with van der Waals surface area (Å²) in [4.78, 5) is 20.9. The first kappa shape index (κ1) is 12.4. The van der Waals surface area contributed by atoms with E-state index in [0.29, 0.717) is 11.4 Å². The van der Waals surface area contributed by atoms with E-state index in [9.17, 15) is 4.79 Å². The highest BCUT2D eigenvalue weighted by Crippen LogP contribution is 2.27. The largest absolute Gasteiger partial charge is 0.384 e. The molecule has 5 nitrogen and oxygen atoms in total. The Labute approximate surface area is 113 Å². The van der Waals surface area contributed by atoms with Crippen molar-refractivity contribution >= 4 is 11.7 Å². The minimum absolute atomic E-state index is 0.0765. The summed E-state index contributed by atoms with van der Waals surface area (Å²) in [6, 6.07) is 4.27. The predicted molar refractivity (Wildman–Crippen MR) is 73.9 cm³/mol. The Morgan fingerprint density at radius 3 is 2.53 bits per heavy atom. The Hall–Kier alpha value is -1.62. The molecule has 1 aliphatic carbocycles. The number of nitrogens with two attached hydrogens (primary N) is 1. The van der Waals surface area contributed by atoms with Gasteiger partial charge in [0, 0.05) is 43.5 Å². The zero-order valence-corrected chi connectivity index (χ0v) is 11.3. The summed E-state index contributed by atoms with van der Waals surface area (Å²) in [5.74, 6) is 0.493. The van der Waals surface area contributed by atoms with Crippen molar-refractivity contribution < 1.29 is 4.79 Å². The van der Waals surface area contributed by atoms with Crippen molar-refractivity contribution in [2.24, 2.45) is 0 Å². The van der Waals surface area contributed by atoms with Crippen molar-refractivity contribution in [1.29, 1.82) is 0 Å². The SMILES string of the molecule is Cc1cc(C(=O)N2CCN(C3CC3)CC2)cc(N)n1. The van der Waals surface area contributed by atoms with Crippen LogP contribution in [-0.4, -0.2) is 52.9 Å². The van der Waals surface area contributed by atoms with Gasteiger partial charge in [0.15, 0.2) is 0 Å². The molecule has 1 saturated carbocycles. The van der Waals surface area contributed by atoms with Crippen LogP contribution in [0, 0.1) is 6.92 Å². The summed E-state index contributed by atoms with van der Waals surface area (Å²) in [6.45, 7) is 5.48. The number of anilines is 1. The van der Waals surface area contributed by atoms with E-state index >= 15 is 0 Å². The molecule has 3 rings (SSSR count). The monoisotopic (exact) mass is 260 g/mol. The van der Waals surface area contributed by atoms with Crippen molar-refractivity contribution in [2.45, 2.75) is 25.8 Å². The van der Waals surface area contributed by atoms with Gasteiger partial charge in [-0.15, -0.1) is 0 Å². The van der Waals surface area contributed by atoms with E-state index in [0.717, 1.165) is 37.9 Å². The fourth-order valence-electron chi connectivity index (χ4n) is 2.73. The van der Waals surface area contributed by atoms with Crippen LogP contribution in [0.25, 0.3) is 0 Å². The summed E-state index contributed by atoms with van der Waals surface area (Å²) < 4.78 is 0. The molecule has 1 amide bonds. The van der Waals surface area contributed by atoms with Gasteiger partial charge >= 0.3 is 0 Å². The normalized spacial score (nSPS) is 20.6. The van der Waals surface area contributed by atoms with Gasteiger partial charge in [0.25, 0.3) is 5.91 Å². The molecule has 2 heterocycles. The molecular weight excluding hydrogens is 240 g/mol. The van der Waals surface area contributed by atoms with E-state index in [1.807, 2.05) is 17.9 Å². The number of piperazine rings is 1. The number of hydrogen-bond donors (Lipinski definition) is 1. The van der Waals surface area contributed by atoms with Gasteiger partial charge in [-0.25, -0.2) is 4.98 Å². The summed E-state index contributed by atoms with van der Waals surface area (Å²) in [5, 5.41) is 0. The van der Waals surface area contributed by atoms with E-state index in [1.165, 1.54) is 12.8 Å². The fourth-order valence-corrected chi connectivity index (χ4v) is 2.73. The number of amides is 1. The number of pyridine rings is 1. The third-order valence-electron chi connectivity index (χ3n) is 3.88. The summed E-state index contributed by atoms with van der Waals surface area (Å²) in [7, 11) is 0. The Balaban J connectivity index is 1.67. The molecule has 0 atom stereocenters. The molecule has 5 heteroatoms. The highest BCUT2D eigenvalue weighted by atomic mass is 16.2. The standard InChI is InChI=1S/C14H20N4O/c1-10-8-11(9-13(15)16-10)14(19)18-6-4-17(5-7-18)12-2-3-12/h8-9,12H,2-7H2,1H3,(H2,15,16). The lowest BCUT2D eigenvalue weighted by Crippen LogP contribution is -2.49. The third kappa shape index (κ3) is 2.71. The lowest BCUT2D eigenvalue weighted by atomic mass is 10.2. The molecule has 1 aromatic heterocycles. The van der Waals surface area contributed by atoms with E-state index < -0.39 is 0 Å². The zero-order chi connectivity index (χ0) is 13.4. The van der Waals surface area contributed by atoms with Crippen LogP contribution in [0.1, 0.15) is 28.9 Å². The van der Waals surface area contributed by atoms with Crippen molar-refractivity contribution in [2.75, 3.05) is 31.9 Å². The molecule has 0 aromatic carbocycles. The smallest absolute Gasteiger partial charge is 0.254 e. The van der Waals surface area contributed by atoms with Gasteiger partial charge in [-0.1, -0.05) is 0 Å². The summed E-state index contributed by atoms with van der Waals surface area (Å²) in [5.41, 5.74) is 7.16. The number of nitrogens with zero attached hydrogens (tertiary/aromatic N) is 3. The van der Waals surface area contributed by atoms with Crippen LogP contribution in [0.4, 0.5) is 5.82 Å². The van der Waals surface area contributed by atoms with Gasteiger partial charge in [0.2, 0.25) is 0 Å². The lowest BCUT2D eigenvalue weighted by molar-refractivity contribution is 0.0627. The first-order chi connectivity index (χ1) is 9.13. The number of rotatable bonds is 2. The van der Waals surface area contributed by atoms with Crippen molar-refractivity contribution in [3.8, 4) is 0 Å². The number of carbonyl (C=O) groups excluding carboxylic acids is 1. The molecule has 1 aromatic rings. The first-order valence-electron chi connectivity index (χ1n) is 6.91. The molecule has 2 fully saturated rings. The van der Waals surface area contributed by atoms with Crippen molar-refractivity contribution in [3.05, 3.63) is 23.4 Å². The third-order valence-corrected chi connectivity index (χ3v) is 3.88. The number of hydrogen-bond acceptors (Lipinski definition) is 4. The molecule has 0 bridgehead atoms. The fraction of sp³-hybridized carbons (Fsp3) is 0.571. The minimum atomic E-state index is 0.0765. The quantitative estimate of drug-likeness (QED) is 0.858. The predicted octanol–water partition coefficient (Wildman–Crippen LogP) is 0.892. The Bertz CT molecular complexity index is 470. The average Bonchev–Trinajstić information content (AvgIpc) is 3.21. The second kappa shape index (κ2) is 4.81. The molecule has 2 aliphatic rings. The van der Waals surface area contributed by atoms with Crippen LogP contribution in [0.2, 0.25) is 0 Å². The Morgan fingerprint density at radius 1 is 1.26 bits per heavy atom. The van der Waals surface area contributed by atoms with Gasteiger partial charge in [-0.05, 0) is 31.9 Å². The lowest BCUT2D eigenvalue weighted by Gasteiger charge is -2.34. The Morgan fingerprint density at radius 2 is 1.95 bits per heavy atom. The van der Waals surface area contributed by atoms with Gasteiger partial charge in [0.05, 0.1) is 0 Å². The van der Waals surface area contributed by atoms with Gasteiger partial charge in [0.1, 0.15) is 5.82 Å². The summed E-state index contributed by atoms with van der Waals surface area (Å²) in [6.07, 6.45) is 2.65. The molecular formula is C14H20N4O. The average molecular weight is 260 g/mol. The van der Waals surface area contributed by atoms with E-state index in [2.05, 4.69) is 9.88 Å². The van der Waals surface area contributed by atoms with Crippen LogP contribution in [-0.2, 0) is 0 Å². The molecule has 0 unspecified atom stereocenters. The van der Waals surface area contributed by atoms with Crippen LogP contribution in [0.3, 0.4) is 0 Å². The van der Waals surface area contributed by atoms with Gasteiger partial charge < -0.3 is 10.6 Å². The van der Waals surface area contributed by atoms with E-state index in [-0.39, 0.29) is 5.91 Å². The molecule has 0 radical (unpaired) electrons. The maximum absolute atomic E-state index is 12.4. The van der Waals surface area contributed by atoms with Crippen molar-refractivity contribution in [3.63, 3.8) is 0 Å². The van der Waals surface area contributed by atoms with E-state index in [1.54, 1.807) is 6.07 Å². The first-order valence-corrected chi connectivity index (χ1v) is 6.91. The maximum atomic E-state index is 12.4. The minimum Gasteiger partial charge on any atom is -0.384 e. The zero-order valence-electron chi connectivity index (χ0n) is 11.3. The van der Waals surface area contributed by atoms with Crippen LogP contribution < -0.4 is 5.73 Å². The Kier molecular flexibility index (Phi) is 3.14. The van der Waals surface area contributed by atoms with Gasteiger partial charge in [-0.2, -0.15) is 0 Å². The maximum Gasteiger partial charge on any atom is 0.254 e. The number of nitrogen functional groups attached to an aromatic ring is 1. The molecule has 102 valence electrons. The highest BCUT2D eigenvalue weighted by Gasteiger charge is 2.32. The second-order valence-corrected chi connectivity index (χ2v) is 5.48. The van der Waals surface area contributed by atoms with Gasteiger partial charge in [-0.3, -0.25) is 9.69 Å². The highest BCUT2D eigenvalue weighted by molar-refractivity contribution is 5.95. The van der Waals surface area contributed by atoms with Crippen LogP contribution in [0.15, 0.2) is 12.1 Å². The second-order valence-electron chi connectivity index (χ2n) is 5.48. The van der Waals surface area contributed by atoms with Crippen LogP contribution >= 0.6 is 0 Å². The van der Waals surface area contributed by atoms with Crippen LogP contribution in [0.5, 0.6) is 0 Å². The van der Waals surface area contributed by atoms with Crippen molar-refractivity contribution in [1.82, 2.24) is 14.8 Å². The number of aromatic nitrogens is 1. The van der Waals surface area contributed by atoms with E-state index in [4.69, 9.17) is 5.73 Å². The molecule has 2 N–H and O–H groups in total. The number of aryl methyl sites for hydroxylation is 1. The summed E-state index contributed by atoms with van der Waals surface area (Å²) >= 11 is 0. The molecule has 19 heavy (non-hydrogen) atoms. The molecule has 1 saturated heterocycles.